The second-order valence-corrected chi connectivity index (χ2v) is 11.7. The molecule has 1 fully saturated rings. The normalized spacial score (nSPS) is 19.4. The second-order valence-electron chi connectivity index (χ2n) is 10.9. The predicted molar refractivity (Wildman–Crippen MR) is 177 cm³/mol. The number of amides is 2. The van der Waals surface area contributed by atoms with Crippen LogP contribution in [0.2, 0.25) is 10.3 Å². The van der Waals surface area contributed by atoms with Crippen LogP contribution in [0.4, 0.5) is 16.2 Å². The molecule has 0 radical (unpaired) electrons. The van der Waals surface area contributed by atoms with Gasteiger partial charge in [0.05, 0.1) is 31.7 Å². The highest BCUT2D eigenvalue weighted by Gasteiger charge is 2.38. The smallest absolute Gasteiger partial charge is 0.323 e. The molecule has 0 bridgehead atoms. The van der Waals surface area contributed by atoms with Gasteiger partial charge in [-0.25, -0.2) is 9.78 Å². The number of hydrogen-bond acceptors (Lipinski definition) is 6. The number of carbonyl (C=O) groups is 1. The molecule has 4 unspecified atom stereocenters. The zero-order valence-electron chi connectivity index (χ0n) is 24.8. The van der Waals surface area contributed by atoms with Crippen LogP contribution >= 0.6 is 23.2 Å². The summed E-state index contributed by atoms with van der Waals surface area (Å²) >= 11 is 12.5. The Labute approximate surface area is 276 Å². The average molecular weight is 660 g/mol. The van der Waals surface area contributed by atoms with Crippen LogP contribution in [0.25, 0.3) is 0 Å². The number of anilines is 2. The minimum Gasteiger partial charge on any atom is -0.457 e. The SMILES string of the molecule is CC1C(Cn2cnc(Cl)c2Cl)OC(c2ccc(NC(=O)Nc3ccc(Oc4ccccc4)cc3)cc2)OC1c1ccc(CO)cc1. The first kappa shape index (κ1) is 31.6. The van der Waals surface area contributed by atoms with E-state index in [1.807, 2.05) is 66.7 Å². The summed E-state index contributed by atoms with van der Waals surface area (Å²) in [5.74, 6) is 1.34. The van der Waals surface area contributed by atoms with Gasteiger partial charge in [-0.05, 0) is 59.7 Å². The van der Waals surface area contributed by atoms with Crippen LogP contribution in [-0.2, 0) is 22.6 Å². The number of aliphatic hydroxyl groups is 1. The number of rotatable bonds is 9. The molecule has 1 aliphatic heterocycles. The number of carbonyl (C=O) groups excluding carboxylic acids is 1. The van der Waals surface area contributed by atoms with E-state index in [-0.39, 0.29) is 35.9 Å². The van der Waals surface area contributed by atoms with Crippen LogP contribution in [0.1, 0.15) is 36.0 Å². The summed E-state index contributed by atoms with van der Waals surface area (Å²) < 4.78 is 20.6. The summed E-state index contributed by atoms with van der Waals surface area (Å²) in [5, 5.41) is 15.8. The Hall–Kier alpha value is -4.38. The molecule has 9 nitrogen and oxygen atoms in total. The third-order valence-electron chi connectivity index (χ3n) is 7.76. The van der Waals surface area contributed by atoms with Crippen molar-refractivity contribution in [1.82, 2.24) is 9.55 Å². The fourth-order valence-electron chi connectivity index (χ4n) is 5.24. The molecule has 3 N–H and O–H groups in total. The van der Waals surface area contributed by atoms with Crippen molar-refractivity contribution in [3.05, 3.63) is 136 Å². The zero-order valence-corrected chi connectivity index (χ0v) is 26.4. The van der Waals surface area contributed by atoms with Gasteiger partial charge in [0.15, 0.2) is 11.4 Å². The maximum absolute atomic E-state index is 12.7. The minimum absolute atomic E-state index is 0.0377. The van der Waals surface area contributed by atoms with E-state index in [2.05, 4.69) is 22.5 Å². The Morgan fingerprint density at radius 1 is 0.848 bits per heavy atom. The highest BCUT2D eigenvalue weighted by atomic mass is 35.5. The Morgan fingerprint density at radius 2 is 1.46 bits per heavy atom. The standard InChI is InChI=1S/C35H32Cl2N4O5/c1-22-30(19-41-21-38-32(36)33(41)37)45-34(46-31(22)24-9-7-23(20-42)8-10-24)25-11-13-26(14-12-25)39-35(43)40-27-15-17-29(18-16-27)44-28-5-3-2-4-6-28/h2-18,21-22,30-31,34,42H,19-20H2,1H3,(H2,39,40,43). The molecule has 5 aromatic rings. The van der Waals surface area contributed by atoms with Crippen molar-refractivity contribution in [3.63, 3.8) is 0 Å². The summed E-state index contributed by atoms with van der Waals surface area (Å²) in [6.07, 6.45) is 0.301. The molecule has 11 heteroatoms. The van der Waals surface area contributed by atoms with Crippen molar-refractivity contribution in [1.29, 1.82) is 0 Å². The van der Waals surface area contributed by atoms with E-state index < -0.39 is 6.29 Å². The lowest BCUT2D eigenvalue weighted by atomic mass is 9.90. The van der Waals surface area contributed by atoms with Gasteiger partial charge in [0, 0.05) is 22.9 Å². The van der Waals surface area contributed by atoms with Crippen molar-refractivity contribution in [2.45, 2.75) is 38.6 Å². The number of nitrogens with zero attached hydrogens (tertiary/aromatic N) is 2. The van der Waals surface area contributed by atoms with Gasteiger partial charge in [0.25, 0.3) is 0 Å². The molecule has 2 heterocycles. The second kappa shape index (κ2) is 14.4. The van der Waals surface area contributed by atoms with E-state index in [9.17, 15) is 9.90 Å². The Morgan fingerprint density at radius 3 is 2.07 bits per heavy atom. The van der Waals surface area contributed by atoms with Crippen molar-refractivity contribution in [2.24, 2.45) is 5.92 Å². The molecule has 46 heavy (non-hydrogen) atoms. The number of nitrogens with one attached hydrogen (secondary N) is 2. The molecule has 0 spiro atoms. The van der Waals surface area contributed by atoms with Crippen molar-refractivity contribution >= 4 is 40.6 Å². The van der Waals surface area contributed by atoms with Gasteiger partial charge in [0.1, 0.15) is 16.7 Å². The van der Waals surface area contributed by atoms with Crippen LogP contribution in [0.3, 0.4) is 0 Å². The lowest BCUT2D eigenvalue weighted by Gasteiger charge is -2.41. The minimum atomic E-state index is -0.694. The number of imidazole rings is 1. The molecule has 6 rings (SSSR count). The number of halogens is 2. The number of aromatic nitrogens is 2. The first-order valence-electron chi connectivity index (χ1n) is 14.7. The Balaban J connectivity index is 1.12. The molecular formula is C35H32Cl2N4O5. The summed E-state index contributed by atoms with van der Waals surface area (Å²) in [5.41, 5.74) is 3.78. The summed E-state index contributed by atoms with van der Waals surface area (Å²) in [7, 11) is 0. The fourth-order valence-corrected chi connectivity index (χ4v) is 5.55. The molecule has 1 saturated heterocycles. The predicted octanol–water partition coefficient (Wildman–Crippen LogP) is 8.61. The van der Waals surface area contributed by atoms with E-state index in [1.165, 1.54) is 0 Å². The van der Waals surface area contributed by atoms with Gasteiger partial charge in [-0.3, -0.25) is 0 Å². The molecule has 236 valence electrons. The van der Waals surface area contributed by atoms with Gasteiger partial charge in [-0.1, -0.05) is 84.7 Å². The van der Waals surface area contributed by atoms with Crippen LogP contribution in [0, 0.1) is 5.92 Å². The topological polar surface area (TPSA) is 107 Å². The molecule has 0 saturated carbocycles. The lowest BCUT2D eigenvalue weighted by Crippen LogP contribution is -2.39. The number of ether oxygens (including phenoxy) is 3. The Bertz CT molecular complexity index is 1750. The van der Waals surface area contributed by atoms with Gasteiger partial charge < -0.3 is 34.5 Å². The van der Waals surface area contributed by atoms with Crippen molar-refractivity contribution in [3.8, 4) is 11.5 Å². The van der Waals surface area contributed by atoms with Crippen molar-refractivity contribution in [2.75, 3.05) is 10.6 Å². The maximum atomic E-state index is 12.7. The number of urea groups is 1. The molecule has 0 aliphatic carbocycles. The van der Waals surface area contributed by atoms with E-state index >= 15 is 0 Å². The molecule has 1 aliphatic rings. The quantitative estimate of drug-likeness (QED) is 0.146. The van der Waals surface area contributed by atoms with Crippen molar-refractivity contribution < 1.29 is 24.1 Å². The summed E-state index contributed by atoms with van der Waals surface area (Å²) in [6, 6.07) is 31.2. The molecule has 1 aromatic heterocycles. The number of para-hydroxylation sites is 1. The largest absolute Gasteiger partial charge is 0.457 e. The first-order valence-corrected chi connectivity index (χ1v) is 15.5. The van der Waals surface area contributed by atoms with E-state index in [1.54, 1.807) is 47.3 Å². The van der Waals surface area contributed by atoms with E-state index in [0.29, 0.717) is 28.8 Å². The number of benzene rings is 4. The van der Waals surface area contributed by atoms with Gasteiger partial charge in [-0.2, -0.15) is 0 Å². The fraction of sp³-hybridized carbons (Fsp3) is 0.200. The first-order chi connectivity index (χ1) is 22.4. The van der Waals surface area contributed by atoms with Crippen LogP contribution in [-0.4, -0.2) is 26.8 Å². The summed E-state index contributed by atoms with van der Waals surface area (Å²) in [4.78, 5) is 16.8. The van der Waals surface area contributed by atoms with E-state index in [0.717, 1.165) is 22.4 Å². The molecule has 4 atom stereocenters. The zero-order chi connectivity index (χ0) is 32.0. The number of aliphatic hydroxyl groups excluding tert-OH is 1. The number of hydrogen-bond donors (Lipinski definition) is 3. The van der Waals surface area contributed by atoms with Crippen LogP contribution < -0.4 is 15.4 Å². The van der Waals surface area contributed by atoms with Crippen LogP contribution in [0.15, 0.2) is 109 Å². The van der Waals surface area contributed by atoms with Gasteiger partial charge in [0.2, 0.25) is 0 Å². The third kappa shape index (κ3) is 7.52. The van der Waals surface area contributed by atoms with Gasteiger partial charge >= 0.3 is 6.03 Å². The Kier molecular flexibility index (Phi) is 9.87. The van der Waals surface area contributed by atoms with Gasteiger partial charge in [-0.15, -0.1) is 0 Å². The maximum Gasteiger partial charge on any atom is 0.323 e. The molecular weight excluding hydrogens is 627 g/mol. The lowest BCUT2D eigenvalue weighted by molar-refractivity contribution is -0.276. The van der Waals surface area contributed by atoms with Crippen LogP contribution in [0.5, 0.6) is 11.5 Å². The molecule has 4 aromatic carbocycles. The highest BCUT2D eigenvalue weighted by Crippen LogP contribution is 2.42. The average Bonchev–Trinajstić information content (AvgIpc) is 3.39. The van der Waals surface area contributed by atoms with E-state index in [4.69, 9.17) is 37.4 Å². The molecule has 2 amide bonds. The third-order valence-corrected chi connectivity index (χ3v) is 8.53. The monoisotopic (exact) mass is 658 g/mol. The summed E-state index contributed by atoms with van der Waals surface area (Å²) in [6.45, 7) is 2.45. The highest BCUT2D eigenvalue weighted by molar-refractivity contribution is 6.40.